The summed E-state index contributed by atoms with van der Waals surface area (Å²) in [5.41, 5.74) is 0. The fourth-order valence-corrected chi connectivity index (χ4v) is 2.20. The van der Waals surface area contributed by atoms with Crippen molar-refractivity contribution >= 4 is 11.9 Å². The molecule has 17 heavy (non-hydrogen) atoms. The van der Waals surface area contributed by atoms with Crippen LogP contribution in [0.3, 0.4) is 0 Å². The van der Waals surface area contributed by atoms with Crippen molar-refractivity contribution in [3.05, 3.63) is 0 Å². The van der Waals surface area contributed by atoms with Crippen LogP contribution in [-0.4, -0.2) is 47.6 Å². The normalized spacial score (nSPS) is 21.1. The van der Waals surface area contributed by atoms with Crippen molar-refractivity contribution in [2.24, 2.45) is 0 Å². The Morgan fingerprint density at radius 2 is 2.18 bits per heavy atom. The maximum atomic E-state index is 11.3. The van der Waals surface area contributed by atoms with Crippen LogP contribution < -0.4 is 5.32 Å². The lowest BCUT2D eigenvalue weighted by atomic mass is 10.0. The first-order valence-electron chi connectivity index (χ1n) is 6.32. The van der Waals surface area contributed by atoms with Gasteiger partial charge in [-0.25, -0.2) is 0 Å². The number of likely N-dealkylation sites (tertiary alicyclic amines) is 1. The molecule has 0 aromatic heterocycles. The van der Waals surface area contributed by atoms with Crippen LogP contribution >= 0.6 is 0 Å². The van der Waals surface area contributed by atoms with Gasteiger partial charge in [-0.2, -0.15) is 0 Å². The minimum absolute atomic E-state index is 0.169. The molecule has 1 amide bonds. The Kier molecular flexibility index (Phi) is 5.97. The van der Waals surface area contributed by atoms with E-state index in [1.54, 1.807) is 0 Å². The zero-order chi connectivity index (χ0) is 12.7. The van der Waals surface area contributed by atoms with E-state index in [1.807, 2.05) is 0 Å². The third-order valence-corrected chi connectivity index (χ3v) is 3.23. The van der Waals surface area contributed by atoms with Crippen LogP contribution in [0, 0.1) is 0 Å². The van der Waals surface area contributed by atoms with Gasteiger partial charge in [0.25, 0.3) is 0 Å². The van der Waals surface area contributed by atoms with E-state index in [9.17, 15) is 9.59 Å². The molecule has 1 aliphatic rings. The number of rotatable bonds is 6. The molecule has 5 nitrogen and oxygen atoms in total. The van der Waals surface area contributed by atoms with Gasteiger partial charge in [-0.05, 0) is 39.3 Å². The lowest BCUT2D eigenvalue weighted by molar-refractivity contribution is -0.137. The van der Waals surface area contributed by atoms with E-state index >= 15 is 0 Å². The van der Waals surface area contributed by atoms with Gasteiger partial charge in [0, 0.05) is 12.5 Å². The summed E-state index contributed by atoms with van der Waals surface area (Å²) >= 11 is 0. The Bertz CT molecular complexity index is 268. The van der Waals surface area contributed by atoms with Gasteiger partial charge in [0.15, 0.2) is 0 Å². The highest BCUT2D eigenvalue weighted by Gasteiger charge is 2.17. The number of carboxylic acid groups (broad SMARTS) is 1. The predicted molar refractivity (Wildman–Crippen MR) is 64.8 cm³/mol. The van der Waals surface area contributed by atoms with Gasteiger partial charge >= 0.3 is 5.97 Å². The Hall–Kier alpha value is -1.10. The molecule has 0 radical (unpaired) electrons. The maximum Gasteiger partial charge on any atom is 0.322 e. The SMILES string of the molecule is CC1CCCCN1CCCC(=O)NCC(=O)O. The average Bonchev–Trinajstić information content (AvgIpc) is 2.29. The summed E-state index contributed by atoms with van der Waals surface area (Å²) in [6.07, 6.45) is 5.00. The lowest BCUT2D eigenvalue weighted by Gasteiger charge is -2.33. The second kappa shape index (κ2) is 7.27. The van der Waals surface area contributed by atoms with Gasteiger partial charge in [0.2, 0.25) is 5.91 Å². The summed E-state index contributed by atoms with van der Waals surface area (Å²) < 4.78 is 0. The summed E-state index contributed by atoms with van der Waals surface area (Å²) in [4.78, 5) is 23.9. The number of carbonyl (C=O) groups is 2. The zero-order valence-electron chi connectivity index (χ0n) is 10.4. The lowest BCUT2D eigenvalue weighted by Crippen LogP contribution is -2.38. The third kappa shape index (κ3) is 5.68. The number of carboxylic acids is 1. The van der Waals surface area contributed by atoms with Gasteiger partial charge in [-0.15, -0.1) is 0 Å². The molecule has 0 aromatic rings. The highest BCUT2D eigenvalue weighted by molar-refractivity contribution is 5.80. The van der Waals surface area contributed by atoms with Crippen molar-refractivity contribution in [1.29, 1.82) is 0 Å². The van der Waals surface area contributed by atoms with Gasteiger partial charge in [0.1, 0.15) is 6.54 Å². The number of hydrogen-bond acceptors (Lipinski definition) is 3. The fraction of sp³-hybridized carbons (Fsp3) is 0.833. The molecule has 0 bridgehead atoms. The van der Waals surface area contributed by atoms with Crippen molar-refractivity contribution in [3.63, 3.8) is 0 Å². The number of aliphatic carboxylic acids is 1. The van der Waals surface area contributed by atoms with Crippen LogP contribution in [0.4, 0.5) is 0 Å². The van der Waals surface area contributed by atoms with Crippen LogP contribution in [-0.2, 0) is 9.59 Å². The van der Waals surface area contributed by atoms with E-state index in [2.05, 4.69) is 17.1 Å². The minimum Gasteiger partial charge on any atom is -0.480 e. The largest absolute Gasteiger partial charge is 0.480 e. The Labute approximate surface area is 102 Å². The molecule has 98 valence electrons. The highest BCUT2D eigenvalue weighted by atomic mass is 16.4. The fourth-order valence-electron chi connectivity index (χ4n) is 2.20. The third-order valence-electron chi connectivity index (χ3n) is 3.23. The van der Waals surface area contributed by atoms with Crippen LogP contribution in [0.25, 0.3) is 0 Å². The van der Waals surface area contributed by atoms with Gasteiger partial charge in [-0.3, -0.25) is 9.59 Å². The molecule has 1 heterocycles. The molecule has 1 rings (SSSR count). The molecule has 0 spiro atoms. The number of nitrogens with zero attached hydrogens (tertiary/aromatic N) is 1. The maximum absolute atomic E-state index is 11.3. The van der Waals surface area contributed by atoms with Crippen LogP contribution in [0.15, 0.2) is 0 Å². The summed E-state index contributed by atoms with van der Waals surface area (Å²) in [5, 5.41) is 10.8. The molecular weight excluding hydrogens is 220 g/mol. The predicted octanol–water partition coefficient (Wildman–Crippen LogP) is 0.842. The Morgan fingerprint density at radius 3 is 2.82 bits per heavy atom. The molecule has 1 aliphatic heterocycles. The molecule has 0 saturated carbocycles. The van der Waals surface area contributed by atoms with E-state index in [0.717, 1.165) is 19.5 Å². The number of hydrogen-bond donors (Lipinski definition) is 2. The molecule has 1 saturated heterocycles. The van der Waals surface area contributed by atoms with E-state index in [1.165, 1.54) is 19.3 Å². The molecule has 1 fully saturated rings. The van der Waals surface area contributed by atoms with Gasteiger partial charge in [-0.1, -0.05) is 6.42 Å². The van der Waals surface area contributed by atoms with Crippen LogP contribution in [0.1, 0.15) is 39.0 Å². The molecule has 0 aliphatic carbocycles. The van der Waals surface area contributed by atoms with E-state index in [-0.39, 0.29) is 12.5 Å². The number of piperidine rings is 1. The van der Waals surface area contributed by atoms with Crippen molar-refractivity contribution in [1.82, 2.24) is 10.2 Å². The standard InChI is InChI=1S/C12H22N2O3/c1-10-5-2-3-7-14(10)8-4-6-11(15)13-9-12(16)17/h10H,2-9H2,1H3,(H,13,15)(H,16,17). The Morgan fingerprint density at radius 1 is 1.41 bits per heavy atom. The highest BCUT2D eigenvalue weighted by Crippen LogP contribution is 2.16. The number of carbonyl (C=O) groups excluding carboxylic acids is 1. The van der Waals surface area contributed by atoms with E-state index < -0.39 is 5.97 Å². The quantitative estimate of drug-likeness (QED) is 0.724. The topological polar surface area (TPSA) is 69.6 Å². The number of amides is 1. The van der Waals surface area contributed by atoms with Crippen LogP contribution in [0.2, 0.25) is 0 Å². The summed E-state index contributed by atoms with van der Waals surface area (Å²) in [7, 11) is 0. The minimum atomic E-state index is -0.997. The number of nitrogens with one attached hydrogen (secondary N) is 1. The van der Waals surface area contributed by atoms with Crippen molar-refractivity contribution < 1.29 is 14.7 Å². The van der Waals surface area contributed by atoms with Gasteiger partial charge in [0.05, 0.1) is 0 Å². The molecular formula is C12H22N2O3. The molecule has 2 N–H and O–H groups in total. The second-order valence-electron chi connectivity index (χ2n) is 4.65. The summed E-state index contributed by atoms with van der Waals surface area (Å²) in [6.45, 7) is 4.00. The molecule has 1 atom stereocenters. The molecule has 0 aromatic carbocycles. The molecule has 1 unspecified atom stereocenters. The zero-order valence-corrected chi connectivity index (χ0v) is 10.4. The molecule has 5 heteroatoms. The second-order valence-corrected chi connectivity index (χ2v) is 4.65. The van der Waals surface area contributed by atoms with E-state index in [4.69, 9.17) is 5.11 Å². The average molecular weight is 242 g/mol. The Balaban J connectivity index is 2.10. The first-order chi connectivity index (χ1) is 8.09. The smallest absolute Gasteiger partial charge is 0.322 e. The first-order valence-corrected chi connectivity index (χ1v) is 6.32. The van der Waals surface area contributed by atoms with Crippen molar-refractivity contribution in [2.45, 2.75) is 45.1 Å². The first kappa shape index (κ1) is 14.0. The summed E-state index contributed by atoms with van der Waals surface area (Å²) in [6, 6.07) is 0.617. The van der Waals surface area contributed by atoms with Gasteiger partial charge < -0.3 is 15.3 Å². The van der Waals surface area contributed by atoms with E-state index in [0.29, 0.717) is 12.5 Å². The summed E-state index contributed by atoms with van der Waals surface area (Å²) in [5.74, 6) is -1.17. The monoisotopic (exact) mass is 242 g/mol. The van der Waals surface area contributed by atoms with Crippen molar-refractivity contribution in [2.75, 3.05) is 19.6 Å². The van der Waals surface area contributed by atoms with Crippen molar-refractivity contribution in [3.8, 4) is 0 Å². The van der Waals surface area contributed by atoms with Crippen LogP contribution in [0.5, 0.6) is 0 Å².